The number of hydrogen-bond acceptors (Lipinski definition) is 5. The first-order chi connectivity index (χ1) is 12.5. The van der Waals surface area contributed by atoms with Crippen molar-refractivity contribution in [1.29, 1.82) is 0 Å². The Balaban J connectivity index is 2.03. The highest BCUT2D eigenvalue weighted by Crippen LogP contribution is 2.30. The summed E-state index contributed by atoms with van der Waals surface area (Å²) in [5.74, 6) is -0.852. The quantitative estimate of drug-likeness (QED) is 0.736. The second kappa shape index (κ2) is 6.92. The summed E-state index contributed by atoms with van der Waals surface area (Å²) in [5, 5.41) is 0. The fourth-order valence-corrected chi connectivity index (χ4v) is 5.89. The highest BCUT2D eigenvalue weighted by atomic mass is 79.9. The van der Waals surface area contributed by atoms with Crippen molar-refractivity contribution in [3.05, 3.63) is 52.0 Å². The lowest BCUT2D eigenvalue weighted by atomic mass is 10.2. The maximum Gasteiger partial charge on any atom is 0.262 e. The number of nitrogens with one attached hydrogen (secondary N) is 1. The van der Waals surface area contributed by atoms with E-state index in [0.717, 1.165) is 10.0 Å². The van der Waals surface area contributed by atoms with E-state index in [2.05, 4.69) is 20.7 Å². The highest BCUT2D eigenvalue weighted by Gasteiger charge is 2.37. The third-order valence-corrected chi connectivity index (χ3v) is 8.27. The molecule has 0 atom stereocenters. The number of carbonyl (C=O) groups is 1. The first-order valence-electron chi connectivity index (χ1n) is 7.97. The molecule has 3 rings (SSSR count). The van der Waals surface area contributed by atoms with E-state index in [1.54, 1.807) is 25.1 Å². The molecule has 1 heterocycles. The minimum atomic E-state index is -3.98. The molecule has 1 saturated heterocycles. The van der Waals surface area contributed by atoms with Crippen LogP contribution in [0.1, 0.15) is 17.5 Å². The first-order valence-corrected chi connectivity index (χ1v) is 11.9. The lowest BCUT2D eigenvalue weighted by molar-refractivity contribution is -0.116. The van der Waals surface area contributed by atoms with E-state index in [4.69, 9.17) is 0 Å². The number of sulfonamides is 2. The number of aryl methyl sites for hydroxylation is 2. The SMILES string of the molecule is Cc1ccc(NS(=O)(=O)c2cc(N3C(=O)CCS3(=O)=O)ccc2C)cc1Br. The maximum atomic E-state index is 12.8. The molecule has 2 aromatic carbocycles. The Labute approximate surface area is 166 Å². The second-order valence-electron chi connectivity index (χ2n) is 6.24. The molecule has 1 amide bonds. The molecule has 0 spiro atoms. The lowest BCUT2D eigenvalue weighted by Crippen LogP contribution is -2.29. The Morgan fingerprint density at radius 3 is 2.33 bits per heavy atom. The summed E-state index contributed by atoms with van der Waals surface area (Å²) in [5.41, 5.74) is 1.77. The van der Waals surface area contributed by atoms with Gasteiger partial charge in [0.1, 0.15) is 0 Å². The van der Waals surface area contributed by atoms with Gasteiger partial charge in [0.2, 0.25) is 15.9 Å². The van der Waals surface area contributed by atoms with E-state index >= 15 is 0 Å². The summed E-state index contributed by atoms with van der Waals surface area (Å²) in [7, 11) is -7.76. The first kappa shape index (κ1) is 19.8. The number of nitrogens with zero attached hydrogens (tertiary/aromatic N) is 1. The number of hydrogen-bond donors (Lipinski definition) is 1. The Hall–Kier alpha value is -1.91. The van der Waals surface area contributed by atoms with Gasteiger partial charge in [0.15, 0.2) is 0 Å². The average Bonchev–Trinajstić information content (AvgIpc) is 2.84. The van der Waals surface area contributed by atoms with Crippen LogP contribution in [-0.2, 0) is 24.8 Å². The predicted molar refractivity (Wildman–Crippen MR) is 107 cm³/mol. The van der Waals surface area contributed by atoms with E-state index in [1.165, 1.54) is 18.2 Å². The van der Waals surface area contributed by atoms with Crippen LogP contribution in [0.3, 0.4) is 0 Å². The van der Waals surface area contributed by atoms with E-state index in [0.29, 0.717) is 15.6 Å². The molecule has 0 radical (unpaired) electrons. The summed E-state index contributed by atoms with van der Waals surface area (Å²) in [4.78, 5) is 11.9. The third kappa shape index (κ3) is 3.87. The van der Waals surface area contributed by atoms with Crippen molar-refractivity contribution in [2.45, 2.75) is 25.2 Å². The number of anilines is 2. The maximum absolute atomic E-state index is 12.8. The Bertz CT molecular complexity index is 1140. The zero-order valence-corrected chi connectivity index (χ0v) is 17.8. The van der Waals surface area contributed by atoms with E-state index in [1.807, 2.05) is 6.92 Å². The molecule has 144 valence electrons. The van der Waals surface area contributed by atoms with Gasteiger partial charge in [-0.15, -0.1) is 0 Å². The Morgan fingerprint density at radius 1 is 1.07 bits per heavy atom. The van der Waals surface area contributed by atoms with Crippen molar-refractivity contribution in [2.75, 3.05) is 14.8 Å². The van der Waals surface area contributed by atoms with Gasteiger partial charge in [0.05, 0.1) is 16.3 Å². The number of halogens is 1. The lowest BCUT2D eigenvalue weighted by Gasteiger charge is -2.18. The predicted octanol–water partition coefficient (Wildman–Crippen LogP) is 2.93. The smallest absolute Gasteiger partial charge is 0.262 e. The molecule has 27 heavy (non-hydrogen) atoms. The molecule has 1 fully saturated rings. The molecular weight excluding hydrogens is 456 g/mol. The standard InChI is InChI=1S/C17H17BrN2O5S2/c1-11-3-5-13(9-15(11)18)19-27(24,25)16-10-14(6-4-12(16)2)20-17(21)7-8-26(20,22)23/h3-6,9-10,19H,7-8H2,1-2H3. The van der Waals surface area contributed by atoms with Gasteiger partial charge >= 0.3 is 0 Å². The highest BCUT2D eigenvalue weighted by molar-refractivity contribution is 9.10. The summed E-state index contributed by atoms with van der Waals surface area (Å²) in [6.45, 7) is 3.48. The van der Waals surface area contributed by atoms with Gasteiger partial charge in [0, 0.05) is 16.6 Å². The van der Waals surface area contributed by atoms with Gasteiger partial charge in [-0.25, -0.2) is 21.1 Å². The molecule has 1 N–H and O–H groups in total. The van der Waals surface area contributed by atoms with Gasteiger partial charge in [0.25, 0.3) is 10.0 Å². The molecule has 0 aromatic heterocycles. The Kier molecular flexibility index (Phi) is 5.08. The molecule has 0 aliphatic carbocycles. The minimum absolute atomic E-state index is 0.0218. The van der Waals surface area contributed by atoms with Crippen LogP contribution in [0.5, 0.6) is 0 Å². The van der Waals surface area contributed by atoms with Crippen molar-refractivity contribution >= 4 is 53.3 Å². The molecule has 2 aromatic rings. The molecule has 1 aliphatic heterocycles. The van der Waals surface area contributed by atoms with Crippen LogP contribution >= 0.6 is 15.9 Å². The van der Waals surface area contributed by atoms with Gasteiger partial charge in [-0.05, 0) is 49.2 Å². The van der Waals surface area contributed by atoms with E-state index in [-0.39, 0.29) is 22.8 Å². The third-order valence-electron chi connectivity index (χ3n) is 4.20. The number of rotatable bonds is 4. The molecule has 1 aliphatic rings. The van der Waals surface area contributed by atoms with Crippen LogP contribution in [-0.4, -0.2) is 28.5 Å². The van der Waals surface area contributed by atoms with Crippen molar-refractivity contribution in [3.63, 3.8) is 0 Å². The van der Waals surface area contributed by atoms with Gasteiger partial charge in [-0.2, -0.15) is 0 Å². The zero-order chi connectivity index (χ0) is 20.0. The summed E-state index contributed by atoms with van der Waals surface area (Å²) >= 11 is 3.35. The van der Waals surface area contributed by atoms with Crippen molar-refractivity contribution in [3.8, 4) is 0 Å². The molecule has 0 saturated carbocycles. The molecular formula is C17H17BrN2O5S2. The summed E-state index contributed by atoms with van der Waals surface area (Å²) in [6.07, 6.45) is -0.117. The topological polar surface area (TPSA) is 101 Å². The van der Waals surface area contributed by atoms with Gasteiger partial charge in [-0.1, -0.05) is 28.1 Å². The number of amides is 1. The molecule has 10 heteroatoms. The second-order valence-corrected chi connectivity index (χ2v) is 10.7. The summed E-state index contributed by atoms with van der Waals surface area (Å²) < 4.78 is 53.8. The van der Waals surface area contributed by atoms with Crippen LogP contribution in [0.4, 0.5) is 11.4 Å². The Morgan fingerprint density at radius 2 is 1.74 bits per heavy atom. The summed E-state index contributed by atoms with van der Waals surface area (Å²) in [6, 6.07) is 9.15. The fraction of sp³-hybridized carbons (Fsp3) is 0.235. The normalized spacial score (nSPS) is 16.6. The minimum Gasteiger partial charge on any atom is -0.280 e. The van der Waals surface area contributed by atoms with E-state index < -0.39 is 26.0 Å². The molecule has 7 nitrogen and oxygen atoms in total. The van der Waals surface area contributed by atoms with Crippen molar-refractivity contribution in [2.24, 2.45) is 0 Å². The average molecular weight is 473 g/mol. The number of benzene rings is 2. The molecule has 0 unspecified atom stereocenters. The zero-order valence-electron chi connectivity index (χ0n) is 14.6. The van der Waals surface area contributed by atoms with Crippen LogP contribution in [0.15, 0.2) is 45.8 Å². The van der Waals surface area contributed by atoms with Crippen LogP contribution in [0, 0.1) is 13.8 Å². The van der Waals surface area contributed by atoms with Crippen LogP contribution in [0.2, 0.25) is 0 Å². The molecule has 0 bridgehead atoms. The van der Waals surface area contributed by atoms with Crippen molar-refractivity contribution in [1.82, 2.24) is 0 Å². The fourth-order valence-electron chi connectivity index (χ4n) is 2.74. The van der Waals surface area contributed by atoms with Crippen LogP contribution < -0.4 is 9.03 Å². The van der Waals surface area contributed by atoms with E-state index in [9.17, 15) is 21.6 Å². The van der Waals surface area contributed by atoms with Crippen molar-refractivity contribution < 1.29 is 21.6 Å². The van der Waals surface area contributed by atoms with Gasteiger partial charge < -0.3 is 0 Å². The monoisotopic (exact) mass is 472 g/mol. The number of carbonyl (C=O) groups excluding carboxylic acids is 1. The van der Waals surface area contributed by atoms with Crippen LogP contribution in [0.25, 0.3) is 0 Å². The van der Waals surface area contributed by atoms with Gasteiger partial charge in [-0.3, -0.25) is 9.52 Å². The largest absolute Gasteiger partial charge is 0.280 e.